The summed E-state index contributed by atoms with van der Waals surface area (Å²) in [5.41, 5.74) is 2.16. The Balaban J connectivity index is 1.41. The zero-order valence-electron chi connectivity index (χ0n) is 26.7. The first kappa shape index (κ1) is 32.0. The van der Waals surface area contributed by atoms with Gasteiger partial charge < -0.3 is 29.9 Å². The molecule has 2 aromatic carbocycles. The van der Waals surface area contributed by atoms with E-state index in [1.165, 1.54) is 6.08 Å². The van der Waals surface area contributed by atoms with E-state index < -0.39 is 5.41 Å². The van der Waals surface area contributed by atoms with Gasteiger partial charge in [-0.25, -0.2) is 0 Å². The average Bonchev–Trinajstić information content (AvgIpc) is 3.68. The maximum Gasteiger partial charge on any atom is 0.312 e. The summed E-state index contributed by atoms with van der Waals surface area (Å²) in [5, 5.41) is 6.60. The third-order valence-corrected chi connectivity index (χ3v) is 7.72. The Morgan fingerprint density at radius 3 is 2.52 bits per heavy atom. The summed E-state index contributed by atoms with van der Waals surface area (Å²) >= 11 is 0. The number of esters is 1. The highest BCUT2D eigenvalue weighted by Gasteiger charge is 2.27. The fraction of sp³-hybridized carbons (Fsp3) is 0.324. The first-order valence-corrected chi connectivity index (χ1v) is 15.0. The van der Waals surface area contributed by atoms with Gasteiger partial charge >= 0.3 is 5.97 Å². The van der Waals surface area contributed by atoms with Crippen LogP contribution in [0.4, 0.5) is 23.0 Å². The highest BCUT2D eigenvalue weighted by atomic mass is 16.5. The van der Waals surface area contributed by atoms with Crippen LogP contribution < -0.4 is 20.3 Å². The molecule has 12 heteroatoms. The van der Waals surface area contributed by atoms with Crippen LogP contribution in [0.15, 0.2) is 73.4 Å². The Morgan fingerprint density at radius 2 is 1.85 bits per heavy atom. The first-order chi connectivity index (χ1) is 21.9. The van der Waals surface area contributed by atoms with E-state index in [-0.39, 0.29) is 42.4 Å². The summed E-state index contributed by atoms with van der Waals surface area (Å²) in [6.45, 7) is 11.9. The third-order valence-electron chi connectivity index (χ3n) is 7.72. The zero-order chi connectivity index (χ0) is 33.0. The van der Waals surface area contributed by atoms with Gasteiger partial charge in [0, 0.05) is 62.4 Å². The summed E-state index contributed by atoms with van der Waals surface area (Å²) in [6.07, 6.45) is 3.87. The second-order valence-electron chi connectivity index (χ2n) is 12.2. The summed E-state index contributed by atoms with van der Waals surface area (Å²) < 4.78 is 13.5. The molecule has 3 heterocycles. The molecule has 2 N–H and O–H groups in total. The lowest BCUT2D eigenvalue weighted by Crippen LogP contribution is -2.35. The highest BCUT2D eigenvalue weighted by Crippen LogP contribution is 2.32. The minimum absolute atomic E-state index is 0.0399. The second kappa shape index (κ2) is 13.3. The third kappa shape index (κ3) is 7.45. The largest absolute Gasteiger partial charge is 0.443 e. The summed E-state index contributed by atoms with van der Waals surface area (Å²) in [6, 6.07) is 16.9. The van der Waals surface area contributed by atoms with Gasteiger partial charge in [0.05, 0.1) is 10.8 Å². The highest BCUT2D eigenvalue weighted by molar-refractivity contribution is 5.99. The first-order valence-electron chi connectivity index (χ1n) is 15.0. The number of likely N-dealkylation sites (N-methyl/N-ethyl adjacent to an activating group) is 1. The van der Waals surface area contributed by atoms with Gasteiger partial charge in [0.2, 0.25) is 23.6 Å². The molecule has 0 aliphatic carbocycles. The van der Waals surface area contributed by atoms with Crippen molar-refractivity contribution in [2.45, 2.75) is 46.9 Å². The maximum atomic E-state index is 12.5. The quantitative estimate of drug-likeness (QED) is 0.168. The number of benzene rings is 2. The predicted octanol–water partition coefficient (Wildman–Crippen LogP) is 5.70. The number of carbonyl (C=O) groups excluding carboxylic acids is 3. The second-order valence-corrected chi connectivity index (χ2v) is 12.2. The van der Waals surface area contributed by atoms with Crippen LogP contribution in [0, 0.1) is 5.41 Å². The Kier molecular flexibility index (Phi) is 9.26. The molecular formula is C34H39N7O5. The van der Waals surface area contributed by atoms with Crippen LogP contribution >= 0.6 is 0 Å². The lowest BCUT2D eigenvalue weighted by molar-refractivity contribution is -0.156. The summed E-state index contributed by atoms with van der Waals surface area (Å²) in [4.78, 5) is 49.6. The van der Waals surface area contributed by atoms with Crippen molar-refractivity contribution >= 4 is 51.8 Å². The molecule has 2 amide bonds. The number of rotatable bonds is 10. The molecule has 2 aromatic heterocycles. The number of fused-ring (bicyclic) bond motifs is 1. The van der Waals surface area contributed by atoms with Crippen molar-refractivity contribution in [2.75, 3.05) is 35.7 Å². The molecule has 1 saturated heterocycles. The normalized spacial score (nSPS) is 14.5. The number of amides is 2. The SMILES string of the molecule is C=CC(=O)Nc1cccc(Oc2nc(Nc3ccc(N(C)C4CCN(C(C)=O)C4)cc3)nc3c2ccn3COC(=O)C(C)(C)C)c1. The van der Waals surface area contributed by atoms with Crippen molar-refractivity contribution in [3.8, 4) is 11.6 Å². The number of aromatic nitrogens is 3. The van der Waals surface area contributed by atoms with Gasteiger partial charge in [0.15, 0.2) is 12.4 Å². The maximum absolute atomic E-state index is 12.5. The minimum atomic E-state index is -0.657. The van der Waals surface area contributed by atoms with Crippen molar-refractivity contribution < 1.29 is 23.9 Å². The van der Waals surface area contributed by atoms with E-state index in [4.69, 9.17) is 14.5 Å². The van der Waals surface area contributed by atoms with Crippen LogP contribution in [0.5, 0.6) is 11.6 Å². The van der Waals surface area contributed by atoms with E-state index in [1.807, 2.05) is 36.2 Å². The number of carbonyl (C=O) groups is 3. The Labute approximate surface area is 268 Å². The number of anilines is 4. The van der Waals surface area contributed by atoms with Crippen molar-refractivity contribution in [2.24, 2.45) is 5.41 Å². The molecule has 5 rings (SSSR count). The number of nitrogens with one attached hydrogen (secondary N) is 2. The van der Waals surface area contributed by atoms with E-state index in [9.17, 15) is 14.4 Å². The lowest BCUT2D eigenvalue weighted by Gasteiger charge is -2.27. The standard InChI is InChI=1S/C34H39N7O5/c1-7-29(43)35-24-9-8-10-27(19-24)46-31-28-16-18-41(21-45-32(44)34(3,4)5)30(28)37-33(38-31)36-23-11-13-25(14-12-23)39(6)26-15-17-40(20-26)22(2)42/h7-14,16,18-19,26H,1,15,17,20-21H2,2-6H3,(H,35,43)(H,36,37,38). The van der Waals surface area contributed by atoms with Crippen LogP contribution in [0.1, 0.15) is 34.1 Å². The smallest absolute Gasteiger partial charge is 0.312 e. The molecule has 4 aromatic rings. The molecule has 1 aliphatic rings. The monoisotopic (exact) mass is 625 g/mol. The van der Waals surface area contributed by atoms with Crippen LogP contribution in [-0.4, -0.2) is 63.4 Å². The molecule has 1 fully saturated rings. The number of hydrogen-bond donors (Lipinski definition) is 2. The van der Waals surface area contributed by atoms with Gasteiger partial charge in [-0.05, 0) is 75.7 Å². The molecule has 12 nitrogen and oxygen atoms in total. The van der Waals surface area contributed by atoms with Gasteiger partial charge in [0.25, 0.3) is 0 Å². The Morgan fingerprint density at radius 1 is 1.09 bits per heavy atom. The van der Waals surface area contributed by atoms with Gasteiger partial charge in [-0.2, -0.15) is 9.97 Å². The fourth-order valence-corrected chi connectivity index (χ4v) is 5.03. The number of likely N-dealkylation sites (tertiary alicyclic amines) is 1. The topological polar surface area (TPSA) is 131 Å². The Hall–Kier alpha value is -5.39. The van der Waals surface area contributed by atoms with Crippen molar-refractivity contribution in [3.05, 3.63) is 73.4 Å². The average molecular weight is 626 g/mol. The van der Waals surface area contributed by atoms with Gasteiger partial charge in [-0.15, -0.1) is 0 Å². The van der Waals surface area contributed by atoms with Gasteiger partial charge in [-0.3, -0.25) is 19.0 Å². The molecule has 240 valence electrons. The molecule has 0 spiro atoms. The number of nitrogens with zero attached hydrogens (tertiary/aromatic N) is 5. The van der Waals surface area contributed by atoms with Gasteiger partial charge in [-0.1, -0.05) is 12.6 Å². The van der Waals surface area contributed by atoms with E-state index in [0.717, 1.165) is 24.3 Å². The minimum Gasteiger partial charge on any atom is -0.443 e. The van der Waals surface area contributed by atoms with Crippen LogP contribution in [0.25, 0.3) is 11.0 Å². The molecule has 1 unspecified atom stereocenters. The van der Waals surface area contributed by atoms with Gasteiger partial charge in [0.1, 0.15) is 5.75 Å². The zero-order valence-corrected chi connectivity index (χ0v) is 26.7. The number of ether oxygens (including phenoxy) is 2. The molecule has 46 heavy (non-hydrogen) atoms. The molecular weight excluding hydrogens is 586 g/mol. The summed E-state index contributed by atoms with van der Waals surface area (Å²) in [5.74, 6) is 0.411. The molecule has 0 radical (unpaired) electrons. The van der Waals surface area contributed by atoms with Crippen molar-refractivity contribution in [1.29, 1.82) is 0 Å². The van der Waals surface area contributed by atoms with E-state index in [1.54, 1.807) is 68.8 Å². The number of hydrogen-bond acceptors (Lipinski definition) is 9. The molecule has 1 aliphatic heterocycles. The van der Waals surface area contributed by atoms with E-state index in [2.05, 4.69) is 27.1 Å². The Bertz CT molecular complexity index is 1760. The molecule has 1 atom stereocenters. The van der Waals surface area contributed by atoms with E-state index in [0.29, 0.717) is 29.0 Å². The molecule has 0 bridgehead atoms. The molecule has 0 saturated carbocycles. The van der Waals surface area contributed by atoms with Crippen molar-refractivity contribution in [3.63, 3.8) is 0 Å². The lowest BCUT2D eigenvalue weighted by atomic mass is 9.98. The van der Waals surface area contributed by atoms with Crippen LogP contribution in [-0.2, 0) is 25.9 Å². The fourth-order valence-electron chi connectivity index (χ4n) is 5.03. The van der Waals surface area contributed by atoms with Crippen LogP contribution in [0.3, 0.4) is 0 Å². The van der Waals surface area contributed by atoms with Crippen molar-refractivity contribution in [1.82, 2.24) is 19.4 Å². The van der Waals surface area contributed by atoms with Crippen LogP contribution in [0.2, 0.25) is 0 Å². The predicted molar refractivity (Wildman–Crippen MR) is 177 cm³/mol. The van der Waals surface area contributed by atoms with E-state index >= 15 is 0 Å². The summed E-state index contributed by atoms with van der Waals surface area (Å²) in [7, 11) is 2.04.